The molecule has 0 saturated carbocycles. The van der Waals surface area contributed by atoms with E-state index in [0.29, 0.717) is 34.3 Å². The number of benzene rings is 1. The molecule has 0 atom stereocenters. The van der Waals surface area contributed by atoms with E-state index in [1.54, 1.807) is 35.3 Å². The van der Waals surface area contributed by atoms with Gasteiger partial charge in [-0.2, -0.15) is 10.1 Å². The molecular formula is C23H20ClN5O3. The number of rotatable bonds is 7. The van der Waals surface area contributed by atoms with E-state index in [2.05, 4.69) is 20.2 Å². The summed E-state index contributed by atoms with van der Waals surface area (Å²) in [6.45, 7) is 4.26. The van der Waals surface area contributed by atoms with E-state index in [9.17, 15) is 4.79 Å². The van der Waals surface area contributed by atoms with Crippen molar-refractivity contribution in [1.82, 2.24) is 24.9 Å². The number of pyridine rings is 1. The Bertz CT molecular complexity index is 1250. The fraction of sp³-hybridized carbons (Fsp3) is 0.174. The minimum absolute atomic E-state index is 0.143. The highest BCUT2D eigenvalue weighted by Gasteiger charge is 2.13. The van der Waals surface area contributed by atoms with Gasteiger partial charge >= 0.3 is 5.97 Å². The van der Waals surface area contributed by atoms with Crippen LogP contribution in [-0.4, -0.2) is 30.9 Å². The molecule has 32 heavy (non-hydrogen) atoms. The van der Waals surface area contributed by atoms with Gasteiger partial charge in [0.15, 0.2) is 6.61 Å². The SMILES string of the molecule is Cc1ccc(Cn2nc(C)c(/C=C/C(=O)OCc3nc(-c4cccnc4)no3)c2Cl)cc1. The molecular weight excluding hydrogens is 430 g/mol. The summed E-state index contributed by atoms with van der Waals surface area (Å²) in [5, 5.41) is 8.78. The van der Waals surface area contributed by atoms with E-state index in [-0.39, 0.29) is 12.5 Å². The molecule has 0 unspecified atom stereocenters. The molecule has 0 amide bonds. The summed E-state index contributed by atoms with van der Waals surface area (Å²) in [5.74, 6) is 0.00157. The predicted octanol–water partition coefficient (Wildman–Crippen LogP) is 4.40. The van der Waals surface area contributed by atoms with Gasteiger partial charge in [0.25, 0.3) is 5.89 Å². The van der Waals surface area contributed by atoms with Crippen molar-refractivity contribution in [3.63, 3.8) is 0 Å². The maximum atomic E-state index is 12.1. The summed E-state index contributed by atoms with van der Waals surface area (Å²) in [6.07, 6.45) is 6.16. The van der Waals surface area contributed by atoms with Crippen LogP contribution in [0.4, 0.5) is 0 Å². The number of halogens is 1. The fourth-order valence-electron chi connectivity index (χ4n) is 2.99. The van der Waals surface area contributed by atoms with Gasteiger partial charge in [-0.05, 0) is 37.6 Å². The molecule has 8 nitrogen and oxygen atoms in total. The zero-order valence-corrected chi connectivity index (χ0v) is 18.3. The molecule has 0 spiro atoms. The quantitative estimate of drug-likeness (QED) is 0.304. The predicted molar refractivity (Wildman–Crippen MR) is 119 cm³/mol. The largest absolute Gasteiger partial charge is 0.452 e. The first-order chi connectivity index (χ1) is 15.5. The summed E-state index contributed by atoms with van der Waals surface area (Å²) in [4.78, 5) is 20.3. The Morgan fingerprint density at radius 2 is 2.03 bits per heavy atom. The van der Waals surface area contributed by atoms with Crippen LogP contribution >= 0.6 is 11.6 Å². The van der Waals surface area contributed by atoms with Crippen molar-refractivity contribution < 1.29 is 14.1 Å². The minimum atomic E-state index is -0.562. The van der Waals surface area contributed by atoms with Crippen molar-refractivity contribution in [2.75, 3.05) is 0 Å². The Labute approximate surface area is 189 Å². The van der Waals surface area contributed by atoms with Gasteiger partial charge in [-0.1, -0.05) is 46.6 Å². The van der Waals surface area contributed by atoms with Crippen LogP contribution in [-0.2, 0) is 22.7 Å². The molecule has 0 bridgehead atoms. The Morgan fingerprint density at radius 1 is 1.22 bits per heavy atom. The maximum absolute atomic E-state index is 12.1. The van der Waals surface area contributed by atoms with Crippen molar-refractivity contribution in [3.05, 3.63) is 88.3 Å². The van der Waals surface area contributed by atoms with Crippen molar-refractivity contribution in [3.8, 4) is 11.4 Å². The average Bonchev–Trinajstić information content (AvgIpc) is 3.38. The number of esters is 1. The standard InChI is InChI=1S/C23H20ClN5O3/c1-15-5-7-17(8-6-15)13-29-22(24)19(16(2)27-29)9-10-21(30)31-14-20-26-23(28-32-20)18-4-3-11-25-12-18/h3-12H,13-14H2,1-2H3/b10-9+. The molecule has 0 aliphatic heterocycles. The Balaban J connectivity index is 1.37. The molecule has 0 saturated heterocycles. The summed E-state index contributed by atoms with van der Waals surface area (Å²) in [7, 11) is 0. The van der Waals surface area contributed by atoms with Crippen LogP contribution in [0.1, 0.15) is 28.3 Å². The number of hydrogen-bond acceptors (Lipinski definition) is 7. The van der Waals surface area contributed by atoms with Gasteiger partial charge < -0.3 is 9.26 Å². The molecule has 0 radical (unpaired) electrons. The van der Waals surface area contributed by atoms with Gasteiger partial charge in [-0.15, -0.1) is 0 Å². The summed E-state index contributed by atoms with van der Waals surface area (Å²) < 4.78 is 12.0. The molecule has 4 rings (SSSR count). The van der Waals surface area contributed by atoms with Crippen LogP contribution in [0.5, 0.6) is 0 Å². The van der Waals surface area contributed by atoms with E-state index < -0.39 is 5.97 Å². The van der Waals surface area contributed by atoms with Crippen LogP contribution in [0.2, 0.25) is 5.15 Å². The second-order valence-electron chi connectivity index (χ2n) is 7.13. The first kappa shape index (κ1) is 21.5. The molecule has 0 fully saturated rings. The maximum Gasteiger partial charge on any atom is 0.331 e. The first-order valence-electron chi connectivity index (χ1n) is 9.86. The summed E-state index contributed by atoms with van der Waals surface area (Å²) in [6, 6.07) is 11.7. The zero-order chi connectivity index (χ0) is 22.5. The van der Waals surface area contributed by atoms with E-state index in [1.165, 1.54) is 11.6 Å². The van der Waals surface area contributed by atoms with E-state index in [1.807, 2.05) is 38.1 Å². The number of aromatic nitrogens is 5. The Hall–Kier alpha value is -3.78. The van der Waals surface area contributed by atoms with Gasteiger partial charge in [-0.3, -0.25) is 4.98 Å². The Kier molecular flexibility index (Phi) is 6.42. The number of carbonyl (C=O) groups is 1. The molecule has 162 valence electrons. The van der Waals surface area contributed by atoms with Crippen LogP contribution in [0.25, 0.3) is 17.5 Å². The molecule has 0 aliphatic rings. The number of hydrogen-bond donors (Lipinski definition) is 0. The molecule has 4 aromatic rings. The normalized spacial score (nSPS) is 11.2. The van der Waals surface area contributed by atoms with Crippen LogP contribution in [0, 0.1) is 13.8 Å². The molecule has 1 aromatic carbocycles. The van der Waals surface area contributed by atoms with Gasteiger partial charge in [0, 0.05) is 29.6 Å². The monoisotopic (exact) mass is 449 g/mol. The van der Waals surface area contributed by atoms with Gasteiger partial charge in [0.1, 0.15) is 5.15 Å². The van der Waals surface area contributed by atoms with Crippen LogP contribution < -0.4 is 0 Å². The Morgan fingerprint density at radius 3 is 2.78 bits per heavy atom. The number of aryl methyl sites for hydroxylation is 2. The molecule has 3 heterocycles. The van der Waals surface area contributed by atoms with Gasteiger partial charge in [-0.25, -0.2) is 9.48 Å². The van der Waals surface area contributed by atoms with Crippen molar-refractivity contribution in [2.24, 2.45) is 0 Å². The lowest BCUT2D eigenvalue weighted by atomic mass is 10.1. The van der Waals surface area contributed by atoms with Gasteiger partial charge in [0.05, 0.1) is 12.2 Å². The minimum Gasteiger partial charge on any atom is -0.452 e. The second-order valence-corrected chi connectivity index (χ2v) is 7.49. The summed E-state index contributed by atoms with van der Waals surface area (Å²) in [5.41, 5.74) is 4.35. The topological polar surface area (TPSA) is 95.9 Å². The third-order valence-corrected chi connectivity index (χ3v) is 5.07. The second kappa shape index (κ2) is 9.57. The van der Waals surface area contributed by atoms with E-state index >= 15 is 0 Å². The average molecular weight is 450 g/mol. The molecule has 0 N–H and O–H groups in total. The first-order valence-corrected chi connectivity index (χ1v) is 10.2. The highest BCUT2D eigenvalue weighted by Crippen LogP contribution is 2.22. The number of carbonyl (C=O) groups excluding carboxylic acids is 1. The fourth-order valence-corrected chi connectivity index (χ4v) is 3.28. The van der Waals surface area contributed by atoms with Crippen molar-refractivity contribution >= 4 is 23.6 Å². The van der Waals surface area contributed by atoms with Crippen LogP contribution in [0.15, 0.2) is 59.4 Å². The van der Waals surface area contributed by atoms with Crippen molar-refractivity contribution in [1.29, 1.82) is 0 Å². The smallest absolute Gasteiger partial charge is 0.331 e. The van der Waals surface area contributed by atoms with Gasteiger partial charge in [0.2, 0.25) is 5.82 Å². The van der Waals surface area contributed by atoms with Crippen molar-refractivity contribution in [2.45, 2.75) is 27.0 Å². The lowest BCUT2D eigenvalue weighted by Crippen LogP contribution is -2.02. The molecule has 3 aromatic heterocycles. The van der Waals surface area contributed by atoms with E-state index in [4.69, 9.17) is 20.9 Å². The lowest BCUT2D eigenvalue weighted by molar-refractivity contribution is -0.139. The lowest BCUT2D eigenvalue weighted by Gasteiger charge is -2.04. The molecule has 9 heteroatoms. The third-order valence-electron chi connectivity index (χ3n) is 4.67. The van der Waals surface area contributed by atoms with E-state index in [0.717, 1.165) is 5.56 Å². The highest BCUT2D eigenvalue weighted by atomic mass is 35.5. The number of nitrogens with zero attached hydrogens (tertiary/aromatic N) is 5. The number of ether oxygens (including phenoxy) is 1. The third kappa shape index (κ3) is 5.09. The zero-order valence-electron chi connectivity index (χ0n) is 17.5. The highest BCUT2D eigenvalue weighted by molar-refractivity contribution is 6.31. The summed E-state index contributed by atoms with van der Waals surface area (Å²) >= 11 is 6.49. The van der Waals surface area contributed by atoms with Crippen LogP contribution in [0.3, 0.4) is 0 Å². The molecule has 0 aliphatic carbocycles.